The van der Waals surface area contributed by atoms with Gasteiger partial charge in [0, 0.05) is 38.0 Å². The Hall–Kier alpha value is -3.92. The molecule has 7 heteroatoms. The Morgan fingerprint density at radius 1 is 1.07 bits per heavy atom. The Bertz CT molecular complexity index is 1000. The molecule has 0 aliphatic rings. The molecule has 30 heavy (non-hydrogen) atoms. The van der Waals surface area contributed by atoms with Crippen molar-refractivity contribution in [3.63, 3.8) is 0 Å². The van der Waals surface area contributed by atoms with Gasteiger partial charge >= 0.3 is 5.97 Å². The number of nitrogens with zero attached hydrogens (tertiary/aromatic N) is 2. The Morgan fingerprint density at radius 2 is 1.67 bits per heavy atom. The summed E-state index contributed by atoms with van der Waals surface area (Å²) in [6, 6.07) is 15.4. The summed E-state index contributed by atoms with van der Waals surface area (Å²) in [5.74, 6) is -1.50. The molecular weight excluding hydrogens is 382 g/mol. The first-order valence-corrected chi connectivity index (χ1v) is 9.23. The lowest BCUT2D eigenvalue weighted by molar-refractivity contribution is -0.141. The van der Waals surface area contributed by atoms with Crippen molar-refractivity contribution in [3.05, 3.63) is 65.2 Å². The third-order valence-electron chi connectivity index (χ3n) is 4.20. The van der Waals surface area contributed by atoms with Crippen LogP contribution in [0.15, 0.2) is 54.1 Å². The molecule has 0 aromatic heterocycles. The summed E-state index contributed by atoms with van der Waals surface area (Å²) in [7, 11) is 3.82. The van der Waals surface area contributed by atoms with E-state index in [2.05, 4.69) is 5.32 Å². The van der Waals surface area contributed by atoms with Crippen molar-refractivity contribution < 1.29 is 19.1 Å². The van der Waals surface area contributed by atoms with Crippen molar-refractivity contribution in [1.29, 1.82) is 5.26 Å². The van der Waals surface area contributed by atoms with Crippen molar-refractivity contribution in [2.45, 2.75) is 20.0 Å². The number of anilines is 2. The highest BCUT2D eigenvalue weighted by Gasteiger charge is 2.22. The molecule has 0 aliphatic heterocycles. The number of Topliss-reactive ketones (excluding diaryl/α,β-unsaturated/α-hetero) is 1. The predicted octanol–water partition coefficient (Wildman–Crippen LogP) is 3.43. The number of rotatable bonds is 7. The minimum atomic E-state index is -1.07. The minimum absolute atomic E-state index is 0.201. The zero-order valence-electron chi connectivity index (χ0n) is 17.3. The number of amides is 1. The summed E-state index contributed by atoms with van der Waals surface area (Å²) in [5.41, 5.74) is 2.33. The second kappa shape index (κ2) is 10.0. The molecule has 154 valence electrons. The molecule has 0 radical (unpaired) electrons. The monoisotopic (exact) mass is 405 g/mol. The third-order valence-corrected chi connectivity index (χ3v) is 4.20. The third kappa shape index (κ3) is 6.04. The van der Waals surface area contributed by atoms with Gasteiger partial charge in [0.15, 0.2) is 6.10 Å². The molecular formula is C23H23N3O4. The van der Waals surface area contributed by atoms with E-state index in [0.717, 1.165) is 5.69 Å². The zero-order valence-corrected chi connectivity index (χ0v) is 17.3. The lowest BCUT2D eigenvalue weighted by Crippen LogP contribution is -2.25. The van der Waals surface area contributed by atoms with Crippen molar-refractivity contribution in [1.82, 2.24) is 0 Å². The minimum Gasteiger partial charge on any atom is -0.450 e. The van der Waals surface area contributed by atoms with E-state index in [1.807, 2.05) is 37.2 Å². The van der Waals surface area contributed by atoms with E-state index >= 15 is 0 Å². The number of hydrogen-bond donors (Lipinski definition) is 1. The molecule has 2 rings (SSSR count). The highest BCUT2D eigenvalue weighted by atomic mass is 16.5. The molecule has 1 amide bonds. The average molecular weight is 405 g/mol. The fourth-order valence-electron chi connectivity index (χ4n) is 2.61. The number of carbonyl (C=O) groups is 3. The van der Waals surface area contributed by atoms with Crippen molar-refractivity contribution >= 4 is 35.1 Å². The molecule has 0 heterocycles. The van der Waals surface area contributed by atoms with Gasteiger partial charge in [-0.25, -0.2) is 4.79 Å². The van der Waals surface area contributed by atoms with Crippen LogP contribution in [0.25, 0.3) is 6.08 Å². The topological polar surface area (TPSA) is 99.5 Å². The Labute approximate surface area is 175 Å². The summed E-state index contributed by atoms with van der Waals surface area (Å²) < 4.78 is 5.19. The second-order valence-electron chi connectivity index (χ2n) is 6.83. The molecule has 0 saturated carbocycles. The summed E-state index contributed by atoms with van der Waals surface area (Å²) in [5, 5.41) is 11.9. The zero-order chi connectivity index (χ0) is 22.3. The highest BCUT2D eigenvalue weighted by molar-refractivity contribution is 6.03. The molecule has 0 saturated heterocycles. The maximum Gasteiger partial charge on any atom is 0.349 e. The first-order valence-electron chi connectivity index (χ1n) is 9.23. The maximum atomic E-state index is 12.5. The van der Waals surface area contributed by atoms with Gasteiger partial charge in [-0.05, 0) is 55.0 Å². The first kappa shape index (κ1) is 22.4. The molecule has 7 nitrogen and oxygen atoms in total. The van der Waals surface area contributed by atoms with E-state index < -0.39 is 17.9 Å². The van der Waals surface area contributed by atoms with E-state index in [4.69, 9.17) is 4.74 Å². The number of nitriles is 1. The van der Waals surface area contributed by atoms with Gasteiger partial charge in [0.05, 0.1) is 0 Å². The van der Waals surface area contributed by atoms with Crippen molar-refractivity contribution in [3.8, 4) is 6.07 Å². The van der Waals surface area contributed by atoms with Crippen LogP contribution >= 0.6 is 0 Å². The fourth-order valence-corrected chi connectivity index (χ4v) is 2.61. The van der Waals surface area contributed by atoms with E-state index in [1.165, 1.54) is 32.1 Å². The smallest absolute Gasteiger partial charge is 0.349 e. The number of carbonyl (C=O) groups excluding carboxylic acids is 3. The van der Waals surface area contributed by atoms with Crippen molar-refractivity contribution in [2.24, 2.45) is 0 Å². The number of nitrogens with one attached hydrogen (secondary N) is 1. The molecule has 0 spiro atoms. The molecule has 2 aromatic carbocycles. The van der Waals surface area contributed by atoms with E-state index in [1.54, 1.807) is 24.3 Å². The first-order chi connectivity index (χ1) is 14.2. The normalized spacial score (nSPS) is 11.8. The van der Waals surface area contributed by atoms with E-state index in [-0.39, 0.29) is 11.5 Å². The predicted molar refractivity (Wildman–Crippen MR) is 115 cm³/mol. The summed E-state index contributed by atoms with van der Waals surface area (Å²) in [6.07, 6.45) is 0.346. The van der Waals surface area contributed by atoms with Crippen LogP contribution in [0.2, 0.25) is 0 Å². The molecule has 1 atom stereocenters. The van der Waals surface area contributed by atoms with Crippen LogP contribution in [0.1, 0.15) is 29.8 Å². The molecule has 1 N–H and O–H groups in total. The van der Waals surface area contributed by atoms with Gasteiger partial charge in [0.2, 0.25) is 11.7 Å². The molecule has 0 aliphatic carbocycles. The van der Waals surface area contributed by atoms with Gasteiger partial charge in [-0.1, -0.05) is 12.1 Å². The number of ether oxygens (including phenoxy) is 1. The Balaban J connectivity index is 2.07. The van der Waals surface area contributed by atoms with Crippen LogP contribution < -0.4 is 10.2 Å². The molecule has 2 aromatic rings. The number of benzene rings is 2. The summed E-state index contributed by atoms with van der Waals surface area (Å²) in [6.45, 7) is 2.83. The molecule has 0 unspecified atom stereocenters. The average Bonchev–Trinajstić information content (AvgIpc) is 2.71. The van der Waals surface area contributed by atoms with Crippen molar-refractivity contribution in [2.75, 3.05) is 24.3 Å². The van der Waals surface area contributed by atoms with Gasteiger partial charge in [-0.3, -0.25) is 9.59 Å². The lowest BCUT2D eigenvalue weighted by atomic mass is 10.1. The van der Waals surface area contributed by atoms with E-state index in [9.17, 15) is 19.6 Å². The largest absolute Gasteiger partial charge is 0.450 e. The summed E-state index contributed by atoms with van der Waals surface area (Å²) in [4.78, 5) is 37.9. The van der Waals surface area contributed by atoms with E-state index in [0.29, 0.717) is 16.8 Å². The number of hydrogen-bond acceptors (Lipinski definition) is 6. The number of ketones is 1. The SMILES string of the molecule is CC(=O)Nc1ccc(C(=O)[C@H](C)OC(=O)/C(C#N)=C/c2ccc(N(C)C)cc2)cc1. The van der Waals surface area contributed by atoms with Gasteiger partial charge in [0.1, 0.15) is 11.6 Å². The quantitative estimate of drug-likeness (QED) is 0.328. The summed E-state index contributed by atoms with van der Waals surface area (Å²) >= 11 is 0. The standard InChI is InChI=1S/C23H23N3O4/c1-15(22(28)18-7-9-20(10-8-18)25-16(2)27)30-23(29)19(14-24)13-17-5-11-21(12-6-17)26(3)4/h5-13,15H,1-4H3,(H,25,27)/b19-13+/t15-/m0/s1. The van der Waals surface area contributed by atoms with Crippen LogP contribution in [-0.4, -0.2) is 37.9 Å². The van der Waals surface area contributed by atoms with Gasteiger partial charge in [0.25, 0.3) is 0 Å². The van der Waals surface area contributed by atoms with Crippen LogP contribution in [0.4, 0.5) is 11.4 Å². The van der Waals surface area contributed by atoms with Gasteiger partial charge < -0.3 is 15.0 Å². The maximum absolute atomic E-state index is 12.5. The van der Waals surface area contributed by atoms with Gasteiger partial charge in [-0.2, -0.15) is 5.26 Å². The van der Waals surface area contributed by atoms with Crippen LogP contribution in [0.5, 0.6) is 0 Å². The van der Waals surface area contributed by atoms with Crippen LogP contribution in [0.3, 0.4) is 0 Å². The highest BCUT2D eigenvalue weighted by Crippen LogP contribution is 2.16. The Morgan fingerprint density at radius 3 is 2.17 bits per heavy atom. The second-order valence-corrected chi connectivity index (χ2v) is 6.83. The number of esters is 1. The molecule has 0 bridgehead atoms. The fraction of sp³-hybridized carbons (Fsp3) is 0.217. The molecule has 0 fully saturated rings. The Kier molecular flexibility index (Phi) is 7.48. The van der Waals surface area contributed by atoms with Crippen LogP contribution in [0, 0.1) is 11.3 Å². The lowest BCUT2D eigenvalue weighted by Gasteiger charge is -2.13. The van der Waals surface area contributed by atoms with Gasteiger partial charge in [-0.15, -0.1) is 0 Å². The van der Waals surface area contributed by atoms with Crippen LogP contribution in [-0.2, 0) is 14.3 Å².